The van der Waals surface area contributed by atoms with Gasteiger partial charge in [-0.2, -0.15) is 0 Å². The molecule has 0 aliphatic carbocycles. The molecule has 0 bridgehead atoms. The highest BCUT2D eigenvalue weighted by molar-refractivity contribution is 5.88. The first-order chi connectivity index (χ1) is 7.18. The molecular formula is C12H22FNO. The molecule has 0 aliphatic rings. The van der Waals surface area contributed by atoms with E-state index in [2.05, 4.69) is 5.32 Å². The highest BCUT2D eigenvalue weighted by atomic mass is 19.1. The molecule has 1 aromatic carbocycles. The lowest BCUT2D eigenvalue weighted by Gasteiger charge is -1.99. The zero-order chi connectivity index (χ0) is 12.3. The second-order valence-corrected chi connectivity index (χ2v) is 2.19. The second kappa shape index (κ2) is 10.7. The minimum Gasteiger partial charge on any atom is -0.326 e. The van der Waals surface area contributed by atoms with Crippen molar-refractivity contribution in [1.82, 2.24) is 0 Å². The molecule has 0 unspecified atom stereocenters. The van der Waals surface area contributed by atoms with E-state index in [1.807, 2.05) is 27.7 Å². The first-order valence-electron chi connectivity index (χ1n) is 5.21. The molecule has 0 heterocycles. The average molecular weight is 215 g/mol. The monoisotopic (exact) mass is 215 g/mol. The molecule has 0 radical (unpaired) electrons. The molecule has 0 atom stereocenters. The molecule has 88 valence electrons. The number of hydrogen-bond donors (Lipinski definition) is 1. The van der Waals surface area contributed by atoms with Crippen LogP contribution < -0.4 is 5.32 Å². The van der Waals surface area contributed by atoms with Crippen LogP contribution in [0.4, 0.5) is 10.1 Å². The van der Waals surface area contributed by atoms with E-state index in [0.29, 0.717) is 5.69 Å². The summed E-state index contributed by atoms with van der Waals surface area (Å²) in [5.41, 5.74) is 0.484. The Morgan fingerprint density at radius 2 is 1.80 bits per heavy atom. The molecule has 0 fully saturated rings. The maximum Gasteiger partial charge on any atom is 0.221 e. The van der Waals surface area contributed by atoms with Gasteiger partial charge in [-0.05, 0) is 18.2 Å². The fourth-order valence-electron chi connectivity index (χ4n) is 0.769. The lowest BCUT2D eigenvalue weighted by Crippen LogP contribution is -2.05. The van der Waals surface area contributed by atoms with Gasteiger partial charge in [0.1, 0.15) is 5.82 Å². The fraction of sp³-hybridized carbons (Fsp3) is 0.417. The molecule has 0 aromatic heterocycles. The van der Waals surface area contributed by atoms with Crippen LogP contribution >= 0.6 is 0 Å². The quantitative estimate of drug-likeness (QED) is 0.751. The normalized spacial score (nSPS) is 7.60. The van der Waals surface area contributed by atoms with E-state index in [1.54, 1.807) is 12.1 Å². The van der Waals surface area contributed by atoms with Gasteiger partial charge < -0.3 is 5.32 Å². The summed E-state index contributed by atoms with van der Waals surface area (Å²) < 4.78 is 12.5. The summed E-state index contributed by atoms with van der Waals surface area (Å²) in [7, 11) is 0. The largest absolute Gasteiger partial charge is 0.326 e. The van der Waals surface area contributed by atoms with Crippen molar-refractivity contribution < 1.29 is 10.6 Å². The first kappa shape index (κ1) is 16.1. The smallest absolute Gasteiger partial charge is 0.221 e. The van der Waals surface area contributed by atoms with E-state index in [-0.39, 0.29) is 13.2 Å². The third kappa shape index (κ3) is 8.94. The molecule has 2 nitrogen and oxygen atoms in total. The molecule has 3 heteroatoms. The van der Waals surface area contributed by atoms with Crippen molar-refractivity contribution in [3.05, 3.63) is 30.1 Å². The van der Waals surface area contributed by atoms with Crippen LogP contribution in [0.2, 0.25) is 0 Å². The summed E-state index contributed by atoms with van der Waals surface area (Å²) in [6, 6.07) is 5.76. The third-order valence-electron chi connectivity index (χ3n) is 1.14. The number of halogens is 1. The highest BCUT2D eigenvalue weighted by Gasteiger charge is 1.95. The van der Waals surface area contributed by atoms with Crippen molar-refractivity contribution >= 4 is 11.6 Å². The van der Waals surface area contributed by atoms with Gasteiger partial charge in [0.15, 0.2) is 0 Å². The molecule has 1 amide bonds. The summed E-state index contributed by atoms with van der Waals surface area (Å²) in [6.07, 6.45) is 0. The summed E-state index contributed by atoms with van der Waals surface area (Å²) in [6.45, 7) is 9.38. The van der Waals surface area contributed by atoms with Crippen molar-refractivity contribution in [2.45, 2.75) is 34.6 Å². The zero-order valence-corrected chi connectivity index (χ0v) is 10.1. The van der Waals surface area contributed by atoms with Gasteiger partial charge in [-0.1, -0.05) is 33.8 Å². The lowest BCUT2D eigenvalue weighted by molar-refractivity contribution is -0.114. The fourth-order valence-corrected chi connectivity index (χ4v) is 0.769. The predicted octanol–water partition coefficient (Wildman–Crippen LogP) is 4.08. The van der Waals surface area contributed by atoms with Crippen molar-refractivity contribution in [3.8, 4) is 0 Å². The van der Waals surface area contributed by atoms with Gasteiger partial charge in [-0.3, -0.25) is 4.79 Å². The maximum absolute atomic E-state index is 12.5. The number of rotatable bonds is 1. The van der Waals surface area contributed by atoms with Gasteiger partial charge in [-0.25, -0.2) is 4.39 Å². The topological polar surface area (TPSA) is 29.1 Å². The van der Waals surface area contributed by atoms with E-state index in [4.69, 9.17) is 0 Å². The summed E-state index contributed by atoms with van der Waals surface area (Å²) in [5.74, 6) is -0.549. The Bertz CT molecular complexity index is 279. The van der Waals surface area contributed by atoms with E-state index in [1.165, 1.54) is 19.1 Å². The van der Waals surface area contributed by atoms with Crippen LogP contribution in [0.25, 0.3) is 0 Å². The van der Waals surface area contributed by atoms with Gasteiger partial charge in [0.2, 0.25) is 5.91 Å². The van der Waals surface area contributed by atoms with Crippen LogP contribution in [0.5, 0.6) is 0 Å². The molecule has 1 aromatic rings. The van der Waals surface area contributed by atoms with E-state index in [0.717, 1.165) is 0 Å². The molecular weight excluding hydrogens is 193 g/mol. The van der Waals surface area contributed by atoms with Crippen LogP contribution in [0, 0.1) is 5.82 Å². The first-order valence-corrected chi connectivity index (χ1v) is 5.21. The van der Waals surface area contributed by atoms with Gasteiger partial charge >= 0.3 is 0 Å². The van der Waals surface area contributed by atoms with E-state index < -0.39 is 0 Å². The second-order valence-electron chi connectivity index (χ2n) is 2.19. The zero-order valence-electron chi connectivity index (χ0n) is 10.1. The summed E-state index contributed by atoms with van der Waals surface area (Å²) in [4.78, 5) is 10.5. The Balaban J connectivity index is -0.000000305. The van der Waals surface area contributed by atoms with E-state index in [9.17, 15) is 9.18 Å². The van der Waals surface area contributed by atoms with Gasteiger partial charge in [0.25, 0.3) is 0 Å². The molecule has 0 spiro atoms. The Kier molecular flexibility index (Phi) is 11.5. The van der Waals surface area contributed by atoms with Crippen LogP contribution in [0.3, 0.4) is 0 Å². The minimum atomic E-state index is -0.351. The minimum absolute atomic E-state index is 0. The highest BCUT2D eigenvalue weighted by Crippen LogP contribution is 2.08. The Hall–Kier alpha value is -1.38. The third-order valence-corrected chi connectivity index (χ3v) is 1.14. The number of hydrogen-bond acceptors (Lipinski definition) is 1. The number of amides is 1. The summed E-state index contributed by atoms with van der Waals surface area (Å²) in [5, 5.41) is 2.47. The molecule has 15 heavy (non-hydrogen) atoms. The van der Waals surface area contributed by atoms with Crippen LogP contribution in [0.15, 0.2) is 24.3 Å². The standard InChI is InChI=1S/C8H8FNO.2C2H6.H2/c1-6(11)10-8-4-2-3-7(9)5-8;2*1-2;/h2-5H,1H3,(H,10,11);2*1-2H3;1H. The predicted molar refractivity (Wildman–Crippen MR) is 65.5 cm³/mol. The van der Waals surface area contributed by atoms with Crippen molar-refractivity contribution in [3.63, 3.8) is 0 Å². The Labute approximate surface area is 93.0 Å². The number of carbonyl (C=O) groups is 1. The van der Waals surface area contributed by atoms with Crippen molar-refractivity contribution in [2.75, 3.05) is 5.32 Å². The van der Waals surface area contributed by atoms with Crippen LogP contribution in [-0.4, -0.2) is 5.91 Å². The summed E-state index contributed by atoms with van der Waals surface area (Å²) >= 11 is 0. The Morgan fingerprint density at radius 1 is 1.27 bits per heavy atom. The van der Waals surface area contributed by atoms with Gasteiger partial charge in [0, 0.05) is 14.0 Å². The number of nitrogens with one attached hydrogen (secondary N) is 1. The van der Waals surface area contributed by atoms with Crippen LogP contribution in [-0.2, 0) is 4.79 Å². The molecule has 1 rings (SSSR count). The molecule has 0 saturated carbocycles. The maximum atomic E-state index is 12.5. The number of carbonyl (C=O) groups excluding carboxylic acids is 1. The molecule has 1 N–H and O–H groups in total. The van der Waals surface area contributed by atoms with Crippen molar-refractivity contribution in [2.24, 2.45) is 0 Å². The SMILES string of the molecule is CC.CC.CC(=O)Nc1cccc(F)c1.[HH]. The van der Waals surface area contributed by atoms with Crippen LogP contribution in [0.1, 0.15) is 36.0 Å². The lowest BCUT2D eigenvalue weighted by atomic mass is 10.3. The number of benzene rings is 1. The van der Waals surface area contributed by atoms with Gasteiger partial charge in [-0.15, -0.1) is 0 Å². The Morgan fingerprint density at radius 3 is 2.20 bits per heavy atom. The molecule has 0 aliphatic heterocycles. The van der Waals surface area contributed by atoms with Gasteiger partial charge in [0.05, 0.1) is 0 Å². The van der Waals surface area contributed by atoms with Crippen molar-refractivity contribution in [1.29, 1.82) is 0 Å². The number of anilines is 1. The average Bonchev–Trinajstić information content (AvgIpc) is 2.23. The van der Waals surface area contributed by atoms with E-state index >= 15 is 0 Å². The molecule has 0 saturated heterocycles.